The van der Waals surface area contributed by atoms with Gasteiger partial charge in [0.15, 0.2) is 5.82 Å². The van der Waals surface area contributed by atoms with Crippen molar-refractivity contribution in [2.45, 2.75) is 50.5 Å². The number of likely N-dealkylation sites (N-methyl/N-ethyl adjacent to an activating group) is 1. The number of rotatable bonds is 5. The average Bonchev–Trinajstić information content (AvgIpc) is 3.17. The summed E-state index contributed by atoms with van der Waals surface area (Å²) in [6.07, 6.45) is 4.53. The standard InChI is InChI=1S/C17H22FN3O/c1-12(19-2)11-15-20-16(22-21-15)17(9-5-6-10-17)13-7-3-4-8-14(13)18/h3-4,7-8,12,19H,5-6,9-11H2,1-2H3. The summed E-state index contributed by atoms with van der Waals surface area (Å²) in [5.41, 5.74) is 0.226. The molecule has 22 heavy (non-hydrogen) atoms. The highest BCUT2D eigenvalue weighted by atomic mass is 19.1. The predicted octanol–water partition coefficient (Wildman–Crippen LogP) is 3.22. The summed E-state index contributed by atoms with van der Waals surface area (Å²) in [6, 6.07) is 7.23. The molecule has 118 valence electrons. The fraction of sp³-hybridized carbons (Fsp3) is 0.529. The van der Waals surface area contributed by atoms with Crippen LogP contribution in [0.5, 0.6) is 0 Å². The Bertz CT molecular complexity index is 634. The van der Waals surface area contributed by atoms with Gasteiger partial charge in [-0.25, -0.2) is 4.39 Å². The largest absolute Gasteiger partial charge is 0.338 e. The molecular formula is C17H22FN3O. The number of aromatic nitrogens is 2. The van der Waals surface area contributed by atoms with E-state index in [1.54, 1.807) is 6.07 Å². The molecule has 1 N–H and O–H groups in total. The second-order valence-electron chi connectivity index (χ2n) is 6.18. The third-order valence-electron chi connectivity index (χ3n) is 4.71. The van der Waals surface area contributed by atoms with E-state index in [-0.39, 0.29) is 11.9 Å². The maximum absolute atomic E-state index is 14.3. The van der Waals surface area contributed by atoms with E-state index >= 15 is 0 Å². The Morgan fingerprint density at radius 2 is 2.05 bits per heavy atom. The normalized spacial score (nSPS) is 18.5. The lowest BCUT2D eigenvalue weighted by Crippen LogP contribution is -2.26. The molecular weight excluding hydrogens is 281 g/mol. The fourth-order valence-corrected chi connectivity index (χ4v) is 3.33. The summed E-state index contributed by atoms with van der Waals surface area (Å²) >= 11 is 0. The zero-order valence-corrected chi connectivity index (χ0v) is 13.1. The number of nitrogens with zero attached hydrogens (tertiary/aromatic N) is 2. The third-order valence-corrected chi connectivity index (χ3v) is 4.71. The Balaban J connectivity index is 1.97. The van der Waals surface area contributed by atoms with Crippen LogP contribution in [-0.2, 0) is 11.8 Å². The topological polar surface area (TPSA) is 51.0 Å². The zero-order chi connectivity index (χ0) is 15.6. The van der Waals surface area contributed by atoms with Gasteiger partial charge in [-0.3, -0.25) is 0 Å². The molecule has 1 heterocycles. The Hall–Kier alpha value is -1.75. The lowest BCUT2D eigenvalue weighted by molar-refractivity contribution is 0.303. The Morgan fingerprint density at radius 1 is 1.32 bits per heavy atom. The quantitative estimate of drug-likeness (QED) is 0.921. The van der Waals surface area contributed by atoms with Crippen molar-refractivity contribution in [2.24, 2.45) is 0 Å². The van der Waals surface area contributed by atoms with Gasteiger partial charge in [0.2, 0.25) is 5.89 Å². The van der Waals surface area contributed by atoms with Gasteiger partial charge >= 0.3 is 0 Å². The number of halogens is 1. The van der Waals surface area contributed by atoms with Gasteiger partial charge in [-0.05, 0) is 32.9 Å². The van der Waals surface area contributed by atoms with Crippen LogP contribution < -0.4 is 5.32 Å². The molecule has 0 amide bonds. The molecule has 1 aromatic carbocycles. The van der Waals surface area contributed by atoms with Gasteiger partial charge in [0.05, 0.1) is 5.41 Å². The van der Waals surface area contributed by atoms with Crippen LogP contribution in [0.3, 0.4) is 0 Å². The van der Waals surface area contributed by atoms with Crippen molar-refractivity contribution in [1.82, 2.24) is 15.5 Å². The summed E-state index contributed by atoms with van der Waals surface area (Å²) in [7, 11) is 1.91. The molecule has 1 unspecified atom stereocenters. The monoisotopic (exact) mass is 303 g/mol. The Morgan fingerprint density at radius 3 is 2.73 bits per heavy atom. The molecule has 1 atom stereocenters. The van der Waals surface area contributed by atoms with Crippen molar-refractivity contribution < 1.29 is 8.91 Å². The molecule has 0 aliphatic heterocycles. The van der Waals surface area contributed by atoms with Crippen molar-refractivity contribution in [2.75, 3.05) is 7.05 Å². The molecule has 0 radical (unpaired) electrons. The van der Waals surface area contributed by atoms with Gasteiger partial charge in [0.1, 0.15) is 5.82 Å². The Labute approximate surface area is 130 Å². The van der Waals surface area contributed by atoms with Crippen LogP contribution in [-0.4, -0.2) is 23.2 Å². The van der Waals surface area contributed by atoms with E-state index in [0.717, 1.165) is 25.7 Å². The number of hydrogen-bond donors (Lipinski definition) is 1. The van der Waals surface area contributed by atoms with Crippen LogP contribution in [0.2, 0.25) is 0 Å². The van der Waals surface area contributed by atoms with E-state index in [2.05, 4.69) is 22.4 Å². The molecule has 1 aliphatic rings. The van der Waals surface area contributed by atoms with E-state index in [4.69, 9.17) is 4.52 Å². The molecule has 1 aromatic heterocycles. The van der Waals surface area contributed by atoms with Crippen LogP contribution in [0.4, 0.5) is 4.39 Å². The first-order valence-electron chi connectivity index (χ1n) is 7.91. The van der Waals surface area contributed by atoms with Crippen molar-refractivity contribution in [3.63, 3.8) is 0 Å². The van der Waals surface area contributed by atoms with Crippen LogP contribution in [0, 0.1) is 5.82 Å². The molecule has 1 fully saturated rings. The molecule has 0 bridgehead atoms. The maximum atomic E-state index is 14.3. The summed E-state index contributed by atoms with van der Waals surface area (Å²) in [5.74, 6) is 1.06. The smallest absolute Gasteiger partial charge is 0.237 e. The minimum absolute atomic E-state index is 0.187. The first-order valence-corrected chi connectivity index (χ1v) is 7.91. The van der Waals surface area contributed by atoms with Gasteiger partial charge in [-0.2, -0.15) is 4.98 Å². The Kier molecular flexibility index (Phi) is 4.25. The zero-order valence-electron chi connectivity index (χ0n) is 13.1. The first-order chi connectivity index (χ1) is 10.7. The van der Waals surface area contributed by atoms with Crippen molar-refractivity contribution in [1.29, 1.82) is 0 Å². The summed E-state index contributed by atoms with van der Waals surface area (Å²) in [5, 5.41) is 7.26. The first kappa shape index (κ1) is 15.2. The highest BCUT2D eigenvalue weighted by Crippen LogP contribution is 2.46. The van der Waals surface area contributed by atoms with Gasteiger partial charge in [0, 0.05) is 18.0 Å². The van der Waals surface area contributed by atoms with E-state index in [0.29, 0.717) is 23.7 Å². The van der Waals surface area contributed by atoms with Crippen LogP contribution in [0.25, 0.3) is 0 Å². The average molecular weight is 303 g/mol. The summed E-state index contributed by atoms with van der Waals surface area (Å²) < 4.78 is 19.9. The third kappa shape index (κ3) is 2.65. The fourth-order valence-electron chi connectivity index (χ4n) is 3.33. The van der Waals surface area contributed by atoms with Crippen LogP contribution in [0.1, 0.15) is 49.9 Å². The molecule has 1 aliphatic carbocycles. The molecule has 3 rings (SSSR count). The minimum Gasteiger partial charge on any atom is -0.338 e. The highest BCUT2D eigenvalue weighted by molar-refractivity contribution is 5.34. The van der Waals surface area contributed by atoms with Crippen molar-refractivity contribution in [3.8, 4) is 0 Å². The SMILES string of the molecule is CNC(C)Cc1noc(C2(c3ccccc3F)CCCC2)n1. The molecule has 5 heteroatoms. The minimum atomic E-state index is -0.459. The van der Waals surface area contributed by atoms with E-state index in [1.807, 2.05) is 19.2 Å². The molecule has 4 nitrogen and oxygen atoms in total. The predicted molar refractivity (Wildman–Crippen MR) is 82.2 cm³/mol. The van der Waals surface area contributed by atoms with Gasteiger partial charge < -0.3 is 9.84 Å². The van der Waals surface area contributed by atoms with Gasteiger partial charge in [-0.1, -0.05) is 36.2 Å². The summed E-state index contributed by atoms with van der Waals surface area (Å²) in [4.78, 5) is 4.59. The van der Waals surface area contributed by atoms with Crippen LogP contribution in [0.15, 0.2) is 28.8 Å². The van der Waals surface area contributed by atoms with Crippen LogP contribution >= 0.6 is 0 Å². The second kappa shape index (κ2) is 6.16. The number of benzene rings is 1. The molecule has 1 saturated carbocycles. The number of nitrogens with one attached hydrogen (secondary N) is 1. The van der Waals surface area contributed by atoms with Gasteiger partial charge in [-0.15, -0.1) is 0 Å². The second-order valence-corrected chi connectivity index (χ2v) is 6.18. The van der Waals surface area contributed by atoms with Crippen molar-refractivity contribution in [3.05, 3.63) is 47.4 Å². The lowest BCUT2D eigenvalue weighted by atomic mass is 9.78. The molecule has 2 aromatic rings. The van der Waals surface area contributed by atoms with Gasteiger partial charge in [0.25, 0.3) is 0 Å². The van der Waals surface area contributed by atoms with E-state index in [9.17, 15) is 4.39 Å². The lowest BCUT2D eigenvalue weighted by Gasteiger charge is -2.25. The molecule has 0 spiro atoms. The molecule has 0 saturated heterocycles. The maximum Gasteiger partial charge on any atom is 0.237 e. The van der Waals surface area contributed by atoms with E-state index in [1.165, 1.54) is 6.07 Å². The van der Waals surface area contributed by atoms with Crippen molar-refractivity contribution >= 4 is 0 Å². The van der Waals surface area contributed by atoms with E-state index < -0.39 is 5.41 Å². The number of hydrogen-bond acceptors (Lipinski definition) is 4. The highest BCUT2D eigenvalue weighted by Gasteiger charge is 2.44. The summed E-state index contributed by atoms with van der Waals surface area (Å²) in [6.45, 7) is 2.07.